The Hall–Kier alpha value is -1.80. The van der Waals surface area contributed by atoms with Gasteiger partial charge in [-0.3, -0.25) is 9.69 Å². The summed E-state index contributed by atoms with van der Waals surface area (Å²) in [6, 6.07) is 13.6. The first kappa shape index (κ1) is 23.5. The van der Waals surface area contributed by atoms with Crippen LogP contribution in [0.25, 0.3) is 10.2 Å². The second-order valence-electron chi connectivity index (χ2n) is 6.65. The fourth-order valence-corrected chi connectivity index (χ4v) is 4.40. The maximum Gasteiger partial charge on any atom is 0.260 e. The molecule has 1 amide bonds. The van der Waals surface area contributed by atoms with E-state index < -0.39 is 0 Å². The Kier molecular flexibility index (Phi) is 8.77. The molecule has 156 valence electrons. The number of amides is 1. The van der Waals surface area contributed by atoms with Gasteiger partial charge in [-0.15, -0.1) is 24.2 Å². The summed E-state index contributed by atoms with van der Waals surface area (Å²) in [5.74, 6) is 0.706. The molecule has 3 aromatic rings. The van der Waals surface area contributed by atoms with Gasteiger partial charge in [0.1, 0.15) is 11.3 Å². The third kappa shape index (κ3) is 5.63. The normalized spacial score (nSPS) is 10.8. The number of nitrogens with zero attached hydrogens (tertiary/aromatic N) is 3. The van der Waals surface area contributed by atoms with Gasteiger partial charge >= 0.3 is 0 Å². The van der Waals surface area contributed by atoms with Crippen LogP contribution in [-0.4, -0.2) is 56.3 Å². The Morgan fingerprint density at radius 3 is 2.62 bits per heavy atom. The number of hydrogen-bond acceptors (Lipinski definition) is 6. The number of halogens is 1. The van der Waals surface area contributed by atoms with E-state index in [9.17, 15) is 4.79 Å². The number of methoxy groups -OCH3 is 1. The molecule has 0 aliphatic heterocycles. The molecule has 0 spiro atoms. The van der Waals surface area contributed by atoms with Crippen LogP contribution in [0.15, 0.2) is 47.4 Å². The summed E-state index contributed by atoms with van der Waals surface area (Å²) in [6.07, 6.45) is 2.88. The van der Waals surface area contributed by atoms with E-state index in [4.69, 9.17) is 9.72 Å². The van der Waals surface area contributed by atoms with Crippen LogP contribution in [0.2, 0.25) is 0 Å². The molecule has 0 unspecified atom stereocenters. The molecule has 0 saturated carbocycles. The van der Waals surface area contributed by atoms with Crippen LogP contribution in [0.1, 0.15) is 16.8 Å². The number of rotatable bonds is 8. The summed E-state index contributed by atoms with van der Waals surface area (Å²) in [5, 5.41) is 0.706. The molecule has 29 heavy (non-hydrogen) atoms. The molecule has 5 nitrogen and oxygen atoms in total. The summed E-state index contributed by atoms with van der Waals surface area (Å²) < 4.78 is 6.45. The van der Waals surface area contributed by atoms with Crippen molar-refractivity contribution in [2.45, 2.75) is 11.3 Å². The number of aromatic nitrogens is 1. The molecule has 0 aliphatic rings. The van der Waals surface area contributed by atoms with Gasteiger partial charge in [0.2, 0.25) is 0 Å². The van der Waals surface area contributed by atoms with Crippen LogP contribution >= 0.6 is 35.5 Å². The number of thioether (sulfide) groups is 1. The minimum absolute atomic E-state index is 0. The van der Waals surface area contributed by atoms with Crippen LogP contribution in [0, 0.1) is 0 Å². The lowest BCUT2D eigenvalue weighted by Gasteiger charge is -2.21. The van der Waals surface area contributed by atoms with Gasteiger partial charge in [-0.2, -0.15) is 0 Å². The van der Waals surface area contributed by atoms with Crippen molar-refractivity contribution in [1.82, 2.24) is 9.88 Å². The molecule has 0 aliphatic carbocycles. The smallest absolute Gasteiger partial charge is 0.260 e. The number of benzene rings is 2. The van der Waals surface area contributed by atoms with Crippen molar-refractivity contribution >= 4 is 56.8 Å². The zero-order valence-electron chi connectivity index (χ0n) is 17.0. The van der Waals surface area contributed by atoms with Gasteiger partial charge in [0.05, 0.1) is 11.8 Å². The van der Waals surface area contributed by atoms with E-state index in [2.05, 4.69) is 4.90 Å². The van der Waals surface area contributed by atoms with Gasteiger partial charge < -0.3 is 9.64 Å². The van der Waals surface area contributed by atoms with Crippen LogP contribution < -0.4 is 9.64 Å². The van der Waals surface area contributed by atoms with Crippen molar-refractivity contribution < 1.29 is 9.53 Å². The molecule has 0 atom stereocenters. The Bertz CT molecular complexity index is 962. The Morgan fingerprint density at radius 1 is 1.17 bits per heavy atom. The van der Waals surface area contributed by atoms with Crippen molar-refractivity contribution in [3.8, 4) is 5.75 Å². The van der Waals surface area contributed by atoms with E-state index in [1.54, 1.807) is 23.8 Å². The molecule has 0 fully saturated rings. The number of thiazole rings is 1. The average Bonchev–Trinajstić information content (AvgIpc) is 3.14. The molecule has 2 aromatic carbocycles. The van der Waals surface area contributed by atoms with Crippen molar-refractivity contribution in [1.29, 1.82) is 0 Å². The molecule has 0 N–H and O–H groups in total. The van der Waals surface area contributed by atoms with Crippen LogP contribution in [0.4, 0.5) is 5.13 Å². The quantitative estimate of drug-likeness (QED) is 0.448. The maximum atomic E-state index is 13.4. The highest BCUT2D eigenvalue weighted by atomic mass is 35.5. The molecule has 1 heterocycles. The zero-order chi connectivity index (χ0) is 20.1. The second kappa shape index (κ2) is 10.8. The van der Waals surface area contributed by atoms with Crippen molar-refractivity contribution in [2.75, 3.05) is 45.5 Å². The highest BCUT2D eigenvalue weighted by Crippen LogP contribution is 2.34. The minimum atomic E-state index is -0.0207. The van der Waals surface area contributed by atoms with E-state index in [1.807, 2.05) is 62.8 Å². The summed E-state index contributed by atoms with van der Waals surface area (Å²) >= 11 is 3.15. The number of carbonyl (C=O) groups excluding carboxylic acids is 1. The predicted molar refractivity (Wildman–Crippen MR) is 126 cm³/mol. The largest absolute Gasteiger partial charge is 0.494 e. The second-order valence-corrected chi connectivity index (χ2v) is 8.54. The molecular formula is C21H26ClN3O2S2. The van der Waals surface area contributed by atoms with Gasteiger partial charge in [-0.25, -0.2) is 4.98 Å². The number of hydrogen-bond donors (Lipinski definition) is 0. The van der Waals surface area contributed by atoms with E-state index in [0.29, 0.717) is 17.2 Å². The van der Waals surface area contributed by atoms with E-state index in [1.165, 1.54) is 11.3 Å². The third-order valence-corrected chi connectivity index (χ3v) is 6.14. The van der Waals surface area contributed by atoms with Gasteiger partial charge in [-0.1, -0.05) is 23.5 Å². The van der Waals surface area contributed by atoms with Gasteiger partial charge in [0.15, 0.2) is 5.13 Å². The highest BCUT2D eigenvalue weighted by Gasteiger charge is 2.22. The lowest BCUT2D eigenvalue weighted by molar-refractivity contribution is 0.0986. The van der Waals surface area contributed by atoms with Gasteiger partial charge in [0, 0.05) is 17.0 Å². The molecule has 1 aromatic heterocycles. The Labute approximate surface area is 186 Å². The van der Waals surface area contributed by atoms with Crippen LogP contribution in [0.5, 0.6) is 5.75 Å². The van der Waals surface area contributed by atoms with E-state index in [-0.39, 0.29) is 18.3 Å². The summed E-state index contributed by atoms with van der Waals surface area (Å²) in [5.41, 5.74) is 1.48. The number of para-hydroxylation sites is 1. The highest BCUT2D eigenvalue weighted by molar-refractivity contribution is 7.98. The van der Waals surface area contributed by atoms with Crippen molar-refractivity contribution in [2.24, 2.45) is 0 Å². The predicted octanol–water partition coefficient (Wildman–Crippen LogP) is 5.05. The van der Waals surface area contributed by atoms with Gasteiger partial charge in [-0.05, 0) is 63.6 Å². The SMILES string of the molecule is COc1cccc2sc(N(CCCN(C)C)C(=O)c3cccc(SC)c3)nc12.Cl. The summed E-state index contributed by atoms with van der Waals surface area (Å²) in [4.78, 5) is 23.1. The third-order valence-electron chi connectivity index (χ3n) is 4.37. The zero-order valence-corrected chi connectivity index (χ0v) is 19.5. The minimum Gasteiger partial charge on any atom is -0.494 e. The molecule has 0 saturated heterocycles. The molecule has 8 heteroatoms. The number of carbonyl (C=O) groups is 1. The van der Waals surface area contributed by atoms with Crippen LogP contribution in [0.3, 0.4) is 0 Å². The van der Waals surface area contributed by atoms with E-state index in [0.717, 1.165) is 33.8 Å². The maximum absolute atomic E-state index is 13.4. The fourth-order valence-electron chi connectivity index (χ4n) is 2.93. The van der Waals surface area contributed by atoms with E-state index >= 15 is 0 Å². The Morgan fingerprint density at radius 2 is 1.93 bits per heavy atom. The summed E-state index contributed by atoms with van der Waals surface area (Å²) in [7, 11) is 5.72. The standard InChI is InChI=1S/C21H25N3O2S2.ClH/c1-23(2)12-7-13-24(20(25)15-8-5-9-16(14-15)27-4)21-22-19-17(26-3)10-6-11-18(19)28-21;/h5-6,8-11,14H,7,12-13H2,1-4H3;1H. The molecule has 3 rings (SSSR count). The molecule has 0 radical (unpaired) electrons. The first-order valence-electron chi connectivity index (χ1n) is 9.07. The van der Waals surface area contributed by atoms with Gasteiger partial charge in [0.25, 0.3) is 5.91 Å². The van der Waals surface area contributed by atoms with Crippen molar-refractivity contribution in [3.05, 3.63) is 48.0 Å². The topological polar surface area (TPSA) is 45.7 Å². The van der Waals surface area contributed by atoms with Crippen LogP contribution in [-0.2, 0) is 0 Å². The lowest BCUT2D eigenvalue weighted by atomic mass is 10.2. The molecular weight excluding hydrogens is 426 g/mol. The number of ether oxygens (including phenoxy) is 1. The Balaban J connectivity index is 0.00000300. The monoisotopic (exact) mass is 451 g/mol. The fraction of sp³-hybridized carbons (Fsp3) is 0.333. The average molecular weight is 452 g/mol. The number of anilines is 1. The first-order chi connectivity index (χ1) is 13.5. The summed E-state index contributed by atoms with van der Waals surface area (Å²) in [6.45, 7) is 1.52. The first-order valence-corrected chi connectivity index (χ1v) is 11.1. The van der Waals surface area contributed by atoms with Crippen molar-refractivity contribution in [3.63, 3.8) is 0 Å². The lowest BCUT2D eigenvalue weighted by Crippen LogP contribution is -2.33. The number of fused-ring (bicyclic) bond motifs is 1. The molecule has 0 bridgehead atoms.